The number of pyridine rings is 2. The Balaban J connectivity index is 1.83. The fourth-order valence-electron chi connectivity index (χ4n) is 2.66. The predicted molar refractivity (Wildman–Crippen MR) is 93.7 cm³/mol. The predicted octanol–water partition coefficient (Wildman–Crippen LogP) is 2.43. The van der Waals surface area contributed by atoms with Crippen LogP contribution in [0.15, 0.2) is 53.7 Å². The Kier molecular flexibility index (Phi) is 6.54. The third-order valence-corrected chi connectivity index (χ3v) is 3.99. The van der Waals surface area contributed by atoms with Gasteiger partial charge in [0.15, 0.2) is 0 Å². The molecule has 2 aromatic rings. The van der Waals surface area contributed by atoms with Crippen LogP contribution in [0.4, 0.5) is 4.79 Å². The molecular weight excluding hydrogens is 304 g/mol. The highest BCUT2D eigenvalue weighted by Gasteiger charge is 2.19. The van der Waals surface area contributed by atoms with Crippen LogP contribution in [0.1, 0.15) is 31.4 Å². The zero-order valence-electron chi connectivity index (χ0n) is 14.2. The lowest BCUT2D eigenvalue weighted by atomic mass is 10.1. The van der Waals surface area contributed by atoms with Crippen molar-refractivity contribution in [2.24, 2.45) is 0 Å². The monoisotopic (exact) mass is 328 g/mol. The highest BCUT2D eigenvalue weighted by molar-refractivity contribution is 5.74. The molecule has 0 fully saturated rings. The third-order valence-electron chi connectivity index (χ3n) is 3.99. The highest BCUT2D eigenvalue weighted by Crippen LogP contribution is 2.21. The first-order valence-corrected chi connectivity index (χ1v) is 8.19. The summed E-state index contributed by atoms with van der Waals surface area (Å²) in [6.07, 6.45) is 6.79. The second-order valence-electron chi connectivity index (χ2n) is 5.64. The summed E-state index contributed by atoms with van der Waals surface area (Å²) in [5.74, 6) is 0. The number of nitrogens with zero attached hydrogens (tertiary/aromatic N) is 3. The Hall–Kier alpha value is -2.63. The number of amides is 2. The third kappa shape index (κ3) is 4.68. The van der Waals surface area contributed by atoms with Crippen LogP contribution >= 0.6 is 0 Å². The van der Waals surface area contributed by atoms with Gasteiger partial charge < -0.3 is 14.8 Å². The molecule has 0 bridgehead atoms. The number of rotatable bonds is 7. The van der Waals surface area contributed by atoms with E-state index in [0.717, 1.165) is 12.0 Å². The van der Waals surface area contributed by atoms with Crippen molar-refractivity contribution < 1.29 is 4.79 Å². The molecule has 24 heavy (non-hydrogen) atoms. The summed E-state index contributed by atoms with van der Waals surface area (Å²) in [7, 11) is 1.79. The lowest BCUT2D eigenvalue weighted by Crippen LogP contribution is -2.40. The number of hydrogen-bond acceptors (Lipinski definition) is 3. The van der Waals surface area contributed by atoms with Crippen LogP contribution in [0.2, 0.25) is 0 Å². The Labute approximate surface area is 142 Å². The summed E-state index contributed by atoms with van der Waals surface area (Å²) in [5, 5.41) is 2.91. The highest BCUT2D eigenvalue weighted by atomic mass is 16.2. The van der Waals surface area contributed by atoms with Gasteiger partial charge in [0.2, 0.25) is 5.56 Å². The first kappa shape index (κ1) is 17.7. The SMILES string of the molecule is CC[C@@H](c1cccnc1)N(C)C(=O)NCCCn1ccccc1=O. The molecule has 6 heteroatoms. The van der Waals surface area contributed by atoms with Gasteiger partial charge in [0.05, 0.1) is 6.04 Å². The van der Waals surface area contributed by atoms with E-state index in [2.05, 4.69) is 10.3 Å². The van der Waals surface area contributed by atoms with Crippen molar-refractivity contribution in [3.63, 3.8) is 0 Å². The van der Waals surface area contributed by atoms with Gasteiger partial charge in [-0.1, -0.05) is 19.1 Å². The maximum absolute atomic E-state index is 12.3. The summed E-state index contributed by atoms with van der Waals surface area (Å²) in [5.41, 5.74) is 0.997. The summed E-state index contributed by atoms with van der Waals surface area (Å²) in [6, 6.07) is 8.81. The average molecular weight is 328 g/mol. The van der Waals surface area contributed by atoms with E-state index in [4.69, 9.17) is 0 Å². The first-order valence-electron chi connectivity index (χ1n) is 8.19. The minimum absolute atomic E-state index is 0.00422. The van der Waals surface area contributed by atoms with Crippen LogP contribution in [0.5, 0.6) is 0 Å². The molecule has 6 nitrogen and oxygen atoms in total. The number of carbonyl (C=O) groups excluding carboxylic acids is 1. The summed E-state index contributed by atoms with van der Waals surface area (Å²) < 4.78 is 1.64. The molecule has 0 aromatic carbocycles. The second-order valence-corrected chi connectivity index (χ2v) is 5.64. The van der Waals surface area contributed by atoms with E-state index in [-0.39, 0.29) is 17.6 Å². The second kappa shape index (κ2) is 8.86. The molecule has 2 rings (SSSR count). The molecule has 0 aliphatic heterocycles. The molecular formula is C18H24N4O2. The van der Waals surface area contributed by atoms with Crippen molar-refractivity contribution >= 4 is 6.03 Å². The van der Waals surface area contributed by atoms with Gasteiger partial charge in [0, 0.05) is 44.8 Å². The number of aryl methyl sites for hydroxylation is 1. The zero-order chi connectivity index (χ0) is 17.4. The van der Waals surface area contributed by atoms with Crippen molar-refractivity contribution in [3.8, 4) is 0 Å². The van der Waals surface area contributed by atoms with Crippen LogP contribution in [0, 0.1) is 0 Å². The molecule has 0 aliphatic rings. The summed E-state index contributed by atoms with van der Waals surface area (Å²) in [6.45, 7) is 3.15. The van der Waals surface area contributed by atoms with Crippen molar-refractivity contribution in [2.75, 3.05) is 13.6 Å². The Morgan fingerprint density at radius 2 is 2.17 bits per heavy atom. The van der Waals surface area contributed by atoms with E-state index in [1.807, 2.05) is 25.1 Å². The Morgan fingerprint density at radius 1 is 1.33 bits per heavy atom. The van der Waals surface area contributed by atoms with Crippen molar-refractivity contribution in [1.82, 2.24) is 19.8 Å². The maximum Gasteiger partial charge on any atom is 0.317 e. The van der Waals surface area contributed by atoms with Crippen LogP contribution in [0.3, 0.4) is 0 Å². The lowest BCUT2D eigenvalue weighted by Gasteiger charge is -2.27. The zero-order valence-corrected chi connectivity index (χ0v) is 14.2. The van der Waals surface area contributed by atoms with Gasteiger partial charge in [-0.05, 0) is 30.5 Å². The van der Waals surface area contributed by atoms with Gasteiger partial charge in [0.25, 0.3) is 0 Å². The molecule has 0 saturated heterocycles. The van der Waals surface area contributed by atoms with E-state index in [0.29, 0.717) is 19.5 Å². The summed E-state index contributed by atoms with van der Waals surface area (Å²) >= 11 is 0. The molecule has 1 N–H and O–H groups in total. The quantitative estimate of drug-likeness (QED) is 0.794. The van der Waals surface area contributed by atoms with E-state index in [9.17, 15) is 9.59 Å². The number of nitrogens with one attached hydrogen (secondary N) is 1. The average Bonchev–Trinajstić information content (AvgIpc) is 2.61. The molecule has 0 saturated carbocycles. The normalized spacial score (nSPS) is 11.8. The molecule has 0 spiro atoms. The maximum atomic E-state index is 12.3. The van der Waals surface area contributed by atoms with Crippen LogP contribution in [-0.2, 0) is 6.54 Å². The standard InChI is InChI=1S/C18H24N4O2/c1-3-16(15-8-6-10-19-14-15)21(2)18(24)20-11-7-13-22-12-5-4-9-17(22)23/h4-6,8-10,12,14,16H,3,7,11,13H2,1-2H3,(H,20,24)/t16-/m0/s1. The number of hydrogen-bond donors (Lipinski definition) is 1. The molecule has 1 atom stereocenters. The Morgan fingerprint density at radius 3 is 2.83 bits per heavy atom. The largest absolute Gasteiger partial charge is 0.338 e. The van der Waals surface area contributed by atoms with Gasteiger partial charge in [0.1, 0.15) is 0 Å². The topological polar surface area (TPSA) is 67.2 Å². The van der Waals surface area contributed by atoms with Crippen molar-refractivity contribution in [1.29, 1.82) is 0 Å². The molecule has 2 amide bonds. The minimum atomic E-state index is -0.119. The fraction of sp³-hybridized carbons (Fsp3) is 0.389. The van der Waals surface area contributed by atoms with E-state index >= 15 is 0 Å². The number of urea groups is 1. The van der Waals surface area contributed by atoms with Gasteiger partial charge in [-0.25, -0.2) is 4.79 Å². The molecule has 0 radical (unpaired) electrons. The van der Waals surface area contributed by atoms with Gasteiger partial charge in [-0.15, -0.1) is 0 Å². The first-order chi connectivity index (χ1) is 11.6. The smallest absolute Gasteiger partial charge is 0.317 e. The van der Waals surface area contributed by atoms with Crippen LogP contribution in [0.25, 0.3) is 0 Å². The van der Waals surface area contributed by atoms with Crippen LogP contribution < -0.4 is 10.9 Å². The van der Waals surface area contributed by atoms with Gasteiger partial charge in [-0.2, -0.15) is 0 Å². The minimum Gasteiger partial charge on any atom is -0.338 e. The molecule has 0 unspecified atom stereocenters. The van der Waals surface area contributed by atoms with Crippen molar-refractivity contribution in [2.45, 2.75) is 32.4 Å². The lowest BCUT2D eigenvalue weighted by molar-refractivity contribution is 0.188. The number of carbonyl (C=O) groups is 1. The van der Waals surface area contributed by atoms with E-state index in [1.165, 1.54) is 6.07 Å². The van der Waals surface area contributed by atoms with Crippen molar-refractivity contribution in [3.05, 3.63) is 64.8 Å². The molecule has 2 aromatic heterocycles. The molecule has 0 aliphatic carbocycles. The fourth-order valence-corrected chi connectivity index (χ4v) is 2.66. The van der Waals surface area contributed by atoms with Gasteiger partial charge >= 0.3 is 6.03 Å². The number of aromatic nitrogens is 2. The van der Waals surface area contributed by atoms with Gasteiger partial charge in [-0.3, -0.25) is 9.78 Å². The Bertz CT molecular complexity index is 699. The van der Waals surface area contributed by atoms with E-state index < -0.39 is 0 Å². The molecule has 2 heterocycles. The molecule has 128 valence electrons. The van der Waals surface area contributed by atoms with Crippen LogP contribution in [-0.4, -0.2) is 34.1 Å². The summed E-state index contributed by atoms with van der Waals surface area (Å²) in [4.78, 5) is 29.7. The van der Waals surface area contributed by atoms with E-state index in [1.54, 1.807) is 41.2 Å².